The maximum atomic E-state index is 3.40. The van der Waals surface area contributed by atoms with E-state index in [0.717, 1.165) is 32.5 Å². The van der Waals surface area contributed by atoms with Crippen molar-refractivity contribution in [3.05, 3.63) is 41.6 Å². The molecule has 112 valence electrons. The highest BCUT2D eigenvalue weighted by atomic mass is 15.1. The van der Waals surface area contributed by atoms with Crippen LogP contribution < -0.4 is 0 Å². The Morgan fingerprint density at radius 1 is 1.29 bits per heavy atom. The summed E-state index contributed by atoms with van der Waals surface area (Å²) >= 11 is 0. The number of benzene rings is 1. The molecule has 0 saturated carbocycles. The van der Waals surface area contributed by atoms with Crippen molar-refractivity contribution >= 4 is 16.5 Å². The van der Waals surface area contributed by atoms with E-state index in [2.05, 4.69) is 66.4 Å². The fourth-order valence-electron chi connectivity index (χ4n) is 2.96. The first-order chi connectivity index (χ1) is 10.1. The molecule has 1 aliphatic rings. The first-order valence-corrected chi connectivity index (χ1v) is 7.76. The standard InChI is InChI=1S/C18H25N3/c1-20(2)9-6-16-13-19-18-5-4-15(12-17(16)18)14-7-10-21(3)11-8-14/h4-5,7,12-13,19H,6,8-11H2,1-3H3. The second-order valence-electron chi connectivity index (χ2n) is 6.37. The summed E-state index contributed by atoms with van der Waals surface area (Å²) in [6, 6.07) is 6.85. The number of nitrogens with zero attached hydrogens (tertiary/aromatic N) is 2. The monoisotopic (exact) mass is 283 g/mol. The van der Waals surface area contributed by atoms with E-state index in [0.29, 0.717) is 0 Å². The van der Waals surface area contributed by atoms with E-state index in [9.17, 15) is 0 Å². The van der Waals surface area contributed by atoms with Crippen LogP contribution in [0.5, 0.6) is 0 Å². The predicted molar refractivity (Wildman–Crippen MR) is 90.6 cm³/mol. The van der Waals surface area contributed by atoms with Gasteiger partial charge in [-0.1, -0.05) is 12.1 Å². The maximum absolute atomic E-state index is 3.40. The zero-order chi connectivity index (χ0) is 14.8. The summed E-state index contributed by atoms with van der Waals surface area (Å²) in [5, 5.41) is 1.38. The number of nitrogens with one attached hydrogen (secondary N) is 1. The minimum Gasteiger partial charge on any atom is -0.361 e. The third kappa shape index (κ3) is 3.20. The highest BCUT2D eigenvalue weighted by Crippen LogP contribution is 2.27. The highest BCUT2D eigenvalue weighted by Gasteiger charge is 2.11. The van der Waals surface area contributed by atoms with Gasteiger partial charge in [0.05, 0.1) is 0 Å². The van der Waals surface area contributed by atoms with Gasteiger partial charge in [-0.2, -0.15) is 0 Å². The smallest absolute Gasteiger partial charge is 0.0457 e. The van der Waals surface area contributed by atoms with Crippen molar-refractivity contribution in [2.24, 2.45) is 0 Å². The van der Waals surface area contributed by atoms with Crippen molar-refractivity contribution in [1.82, 2.24) is 14.8 Å². The molecule has 3 nitrogen and oxygen atoms in total. The quantitative estimate of drug-likeness (QED) is 0.932. The molecule has 2 aromatic rings. The van der Waals surface area contributed by atoms with Crippen LogP contribution in [0.4, 0.5) is 0 Å². The second-order valence-corrected chi connectivity index (χ2v) is 6.37. The Labute approximate surface area is 127 Å². The molecule has 0 saturated heterocycles. The molecule has 0 fully saturated rings. The third-order valence-electron chi connectivity index (χ3n) is 4.38. The van der Waals surface area contributed by atoms with Crippen LogP contribution in [0.15, 0.2) is 30.5 Å². The zero-order valence-electron chi connectivity index (χ0n) is 13.3. The Morgan fingerprint density at radius 3 is 2.86 bits per heavy atom. The molecule has 0 radical (unpaired) electrons. The number of aromatic nitrogens is 1. The van der Waals surface area contributed by atoms with Crippen LogP contribution in [0, 0.1) is 0 Å². The molecule has 0 spiro atoms. The van der Waals surface area contributed by atoms with Crippen LogP contribution in [-0.2, 0) is 6.42 Å². The normalized spacial score (nSPS) is 16.7. The molecule has 1 aromatic carbocycles. The average Bonchev–Trinajstić information content (AvgIpc) is 2.88. The molecule has 1 N–H and O–H groups in total. The lowest BCUT2D eigenvalue weighted by atomic mass is 9.97. The fraction of sp³-hybridized carbons (Fsp3) is 0.444. The lowest BCUT2D eigenvalue weighted by Crippen LogP contribution is -2.23. The molecule has 3 rings (SSSR count). The number of fused-ring (bicyclic) bond motifs is 1. The van der Waals surface area contributed by atoms with Crippen molar-refractivity contribution < 1.29 is 0 Å². The predicted octanol–water partition coefficient (Wildman–Crippen LogP) is 2.99. The molecule has 0 aliphatic carbocycles. The van der Waals surface area contributed by atoms with Crippen molar-refractivity contribution in [2.75, 3.05) is 40.8 Å². The summed E-state index contributed by atoms with van der Waals surface area (Å²) < 4.78 is 0. The summed E-state index contributed by atoms with van der Waals surface area (Å²) in [5.74, 6) is 0. The largest absolute Gasteiger partial charge is 0.361 e. The van der Waals surface area contributed by atoms with Crippen molar-refractivity contribution in [3.63, 3.8) is 0 Å². The Balaban J connectivity index is 1.89. The van der Waals surface area contributed by atoms with Crippen molar-refractivity contribution in [3.8, 4) is 0 Å². The second kappa shape index (κ2) is 6.04. The van der Waals surface area contributed by atoms with Crippen molar-refractivity contribution in [2.45, 2.75) is 12.8 Å². The molecule has 0 bridgehead atoms. The van der Waals surface area contributed by atoms with Gasteiger partial charge in [0.1, 0.15) is 0 Å². The van der Waals surface area contributed by atoms with E-state index in [1.807, 2.05) is 0 Å². The van der Waals surface area contributed by atoms with Gasteiger partial charge in [0, 0.05) is 36.7 Å². The van der Waals surface area contributed by atoms with E-state index < -0.39 is 0 Å². The van der Waals surface area contributed by atoms with E-state index in [1.165, 1.54) is 27.6 Å². The Hall–Kier alpha value is -1.58. The Bertz CT molecular complexity index is 652. The summed E-state index contributed by atoms with van der Waals surface area (Å²) in [6.45, 7) is 3.31. The molecule has 21 heavy (non-hydrogen) atoms. The van der Waals surface area contributed by atoms with Gasteiger partial charge in [-0.25, -0.2) is 0 Å². The van der Waals surface area contributed by atoms with E-state index in [1.54, 1.807) is 0 Å². The van der Waals surface area contributed by atoms with Crippen LogP contribution >= 0.6 is 0 Å². The van der Waals surface area contributed by atoms with Crippen LogP contribution in [0.3, 0.4) is 0 Å². The van der Waals surface area contributed by atoms with Gasteiger partial charge in [0.15, 0.2) is 0 Å². The highest BCUT2D eigenvalue weighted by molar-refractivity contribution is 5.87. The van der Waals surface area contributed by atoms with Gasteiger partial charge in [-0.05, 0) is 62.8 Å². The van der Waals surface area contributed by atoms with Gasteiger partial charge < -0.3 is 14.8 Å². The molecule has 2 heterocycles. The van der Waals surface area contributed by atoms with Gasteiger partial charge in [0.2, 0.25) is 0 Å². The van der Waals surface area contributed by atoms with Gasteiger partial charge in [0.25, 0.3) is 0 Å². The number of hydrogen-bond acceptors (Lipinski definition) is 2. The van der Waals surface area contributed by atoms with Gasteiger partial charge >= 0.3 is 0 Å². The molecule has 0 amide bonds. The van der Waals surface area contributed by atoms with E-state index >= 15 is 0 Å². The molecule has 1 aliphatic heterocycles. The number of likely N-dealkylation sites (N-methyl/N-ethyl adjacent to an activating group) is 2. The summed E-state index contributed by atoms with van der Waals surface area (Å²) in [5.41, 5.74) is 5.56. The summed E-state index contributed by atoms with van der Waals surface area (Å²) in [7, 11) is 6.44. The van der Waals surface area contributed by atoms with Gasteiger partial charge in [-0.3, -0.25) is 0 Å². The zero-order valence-corrected chi connectivity index (χ0v) is 13.3. The minimum atomic E-state index is 1.06. The number of hydrogen-bond donors (Lipinski definition) is 1. The minimum absolute atomic E-state index is 1.06. The van der Waals surface area contributed by atoms with Crippen molar-refractivity contribution in [1.29, 1.82) is 0 Å². The molecular formula is C18H25N3. The molecule has 3 heteroatoms. The van der Waals surface area contributed by atoms with Gasteiger partial charge in [-0.15, -0.1) is 0 Å². The van der Waals surface area contributed by atoms with Crippen LogP contribution in [0.2, 0.25) is 0 Å². The molecule has 0 unspecified atom stereocenters. The summed E-state index contributed by atoms with van der Waals surface area (Å²) in [6.07, 6.45) is 6.79. The molecular weight excluding hydrogens is 258 g/mol. The number of rotatable bonds is 4. The first kappa shape index (κ1) is 14.4. The number of H-pyrrole nitrogens is 1. The number of aromatic amines is 1. The third-order valence-corrected chi connectivity index (χ3v) is 4.38. The van der Waals surface area contributed by atoms with Crippen LogP contribution in [0.25, 0.3) is 16.5 Å². The Morgan fingerprint density at radius 2 is 2.14 bits per heavy atom. The van der Waals surface area contributed by atoms with E-state index in [-0.39, 0.29) is 0 Å². The molecule has 1 aromatic heterocycles. The average molecular weight is 283 g/mol. The maximum Gasteiger partial charge on any atom is 0.0457 e. The lowest BCUT2D eigenvalue weighted by molar-refractivity contribution is 0.370. The SMILES string of the molecule is CN(C)CCc1c[nH]c2ccc(C3=CCN(C)CC3)cc12. The van der Waals surface area contributed by atoms with E-state index in [4.69, 9.17) is 0 Å². The Kier molecular flexibility index (Phi) is 4.13. The first-order valence-electron chi connectivity index (χ1n) is 7.76. The summed E-state index contributed by atoms with van der Waals surface area (Å²) in [4.78, 5) is 8.00. The fourth-order valence-corrected chi connectivity index (χ4v) is 2.96. The lowest BCUT2D eigenvalue weighted by Gasteiger charge is -2.22. The molecule has 0 atom stereocenters. The topological polar surface area (TPSA) is 22.3 Å². The van der Waals surface area contributed by atoms with Crippen LogP contribution in [-0.4, -0.2) is 55.6 Å². The van der Waals surface area contributed by atoms with Crippen LogP contribution in [0.1, 0.15) is 17.5 Å².